The summed E-state index contributed by atoms with van der Waals surface area (Å²) in [6, 6.07) is 5.60. The second kappa shape index (κ2) is 5.32. The molecular weight excluding hydrogens is 228 g/mol. The maximum absolute atomic E-state index is 10.5. The van der Waals surface area contributed by atoms with Crippen molar-refractivity contribution in [3.8, 4) is 17.6 Å². The fraction of sp³-hybridized carbons (Fsp3) is 0.182. The zero-order valence-corrected chi connectivity index (χ0v) is 8.62. The summed E-state index contributed by atoms with van der Waals surface area (Å²) in [5.74, 6) is 0.199. The first-order chi connectivity index (χ1) is 7.88. The van der Waals surface area contributed by atoms with Gasteiger partial charge in [-0.3, -0.25) is 0 Å². The van der Waals surface area contributed by atoms with E-state index in [2.05, 4.69) is 5.92 Å². The minimum absolute atomic E-state index is 0.128. The molecule has 0 saturated heterocycles. The zero-order valence-electron chi connectivity index (χ0n) is 8.62. The summed E-state index contributed by atoms with van der Waals surface area (Å²) < 4.78 is 5.04. The highest BCUT2D eigenvalue weighted by atomic mass is 16.7. The van der Waals surface area contributed by atoms with Crippen molar-refractivity contribution in [3.05, 3.63) is 29.8 Å². The van der Waals surface area contributed by atoms with E-state index in [0.717, 1.165) is 0 Å². The van der Waals surface area contributed by atoms with E-state index in [9.17, 15) is 4.79 Å². The molecule has 1 aromatic rings. The highest BCUT2D eigenvalue weighted by molar-refractivity contribution is 5.87. The third kappa shape index (κ3) is 4.99. The summed E-state index contributed by atoms with van der Waals surface area (Å²) in [4.78, 5) is 10.5. The Labute approximate surface area is 96.7 Å². The van der Waals surface area contributed by atoms with Gasteiger partial charge in [-0.1, -0.05) is 5.92 Å². The number of carbonyl (C=O) groups is 1. The van der Waals surface area contributed by atoms with Gasteiger partial charge in [0.15, 0.2) is 0 Å². The molecule has 6 heteroatoms. The van der Waals surface area contributed by atoms with Gasteiger partial charge in [-0.25, -0.2) is 4.79 Å². The lowest BCUT2D eigenvalue weighted by atomic mass is 10.2. The third-order valence-corrected chi connectivity index (χ3v) is 1.67. The van der Waals surface area contributed by atoms with Crippen LogP contribution >= 0.6 is 0 Å². The van der Waals surface area contributed by atoms with Crippen LogP contribution < -0.4 is 4.74 Å². The zero-order chi connectivity index (χ0) is 12.9. The van der Waals surface area contributed by atoms with Crippen molar-refractivity contribution in [2.75, 3.05) is 6.61 Å². The van der Waals surface area contributed by atoms with Gasteiger partial charge in [-0.05, 0) is 30.2 Å². The number of carboxylic acids is 1. The van der Waals surface area contributed by atoms with Gasteiger partial charge in [0.05, 0.1) is 5.56 Å². The number of hydrogen-bond acceptors (Lipinski definition) is 5. The summed E-state index contributed by atoms with van der Waals surface area (Å²) in [7, 11) is 0. The Kier molecular flexibility index (Phi) is 4.06. The summed E-state index contributed by atoms with van der Waals surface area (Å²) in [6.07, 6.45) is 0. The molecule has 0 spiro atoms. The normalized spacial score (nSPS) is 10.3. The molecule has 0 amide bonds. The second-order valence-corrected chi connectivity index (χ2v) is 3.06. The van der Waals surface area contributed by atoms with Crippen LogP contribution in [0.4, 0.5) is 0 Å². The monoisotopic (exact) mass is 238 g/mol. The summed E-state index contributed by atoms with van der Waals surface area (Å²) in [6.45, 7) is -0.171. The molecule has 0 saturated carbocycles. The van der Waals surface area contributed by atoms with E-state index in [1.54, 1.807) is 5.92 Å². The molecule has 17 heavy (non-hydrogen) atoms. The molecule has 4 N–H and O–H groups in total. The molecule has 0 fully saturated rings. The molecular formula is C11H10O6. The molecule has 0 aliphatic rings. The average molecular weight is 238 g/mol. The molecule has 0 aliphatic heterocycles. The van der Waals surface area contributed by atoms with Crippen LogP contribution in [0.5, 0.6) is 5.75 Å². The number of ether oxygens (including phenoxy) is 1. The molecule has 1 rings (SSSR count). The van der Waals surface area contributed by atoms with Gasteiger partial charge in [-0.2, -0.15) is 0 Å². The molecule has 6 nitrogen and oxygen atoms in total. The van der Waals surface area contributed by atoms with Gasteiger partial charge in [0.1, 0.15) is 12.4 Å². The summed E-state index contributed by atoms with van der Waals surface area (Å²) in [5, 5.41) is 33.9. The maximum atomic E-state index is 10.5. The van der Waals surface area contributed by atoms with E-state index in [-0.39, 0.29) is 12.2 Å². The van der Waals surface area contributed by atoms with Gasteiger partial charge >= 0.3 is 11.9 Å². The van der Waals surface area contributed by atoms with Crippen molar-refractivity contribution >= 4 is 5.97 Å². The quantitative estimate of drug-likeness (QED) is 0.413. The van der Waals surface area contributed by atoms with Crippen molar-refractivity contribution in [3.63, 3.8) is 0 Å². The van der Waals surface area contributed by atoms with E-state index in [4.69, 9.17) is 25.2 Å². The first-order valence-electron chi connectivity index (χ1n) is 4.52. The summed E-state index contributed by atoms with van der Waals surface area (Å²) >= 11 is 0. The standard InChI is InChI=1S/C11H10O6/c12-10(13)8-2-4-9(5-3-8)17-7-1-6-11(14,15)16/h2-5,14-16H,7H2,(H,12,13). The highest BCUT2D eigenvalue weighted by Crippen LogP contribution is 2.11. The van der Waals surface area contributed by atoms with E-state index in [0.29, 0.717) is 5.75 Å². The fourth-order valence-electron chi connectivity index (χ4n) is 0.968. The number of benzene rings is 1. The van der Waals surface area contributed by atoms with Crippen LogP contribution in [0.2, 0.25) is 0 Å². The number of rotatable bonds is 3. The van der Waals surface area contributed by atoms with Crippen molar-refractivity contribution in [2.24, 2.45) is 0 Å². The molecule has 0 bridgehead atoms. The van der Waals surface area contributed by atoms with Crippen LogP contribution in [0.3, 0.4) is 0 Å². The topological polar surface area (TPSA) is 107 Å². The van der Waals surface area contributed by atoms with E-state index < -0.39 is 11.9 Å². The van der Waals surface area contributed by atoms with Crippen molar-refractivity contribution in [1.29, 1.82) is 0 Å². The van der Waals surface area contributed by atoms with Gasteiger partial charge in [0.2, 0.25) is 0 Å². The maximum Gasteiger partial charge on any atom is 0.345 e. The smallest absolute Gasteiger partial charge is 0.345 e. The lowest BCUT2D eigenvalue weighted by molar-refractivity contribution is -0.265. The lowest BCUT2D eigenvalue weighted by Crippen LogP contribution is -2.24. The van der Waals surface area contributed by atoms with Crippen LogP contribution in [-0.2, 0) is 0 Å². The number of carboxylic acid groups (broad SMARTS) is 1. The van der Waals surface area contributed by atoms with Gasteiger partial charge in [0, 0.05) is 0 Å². The number of aromatic carboxylic acids is 1. The van der Waals surface area contributed by atoms with Crippen molar-refractivity contribution in [1.82, 2.24) is 0 Å². The Morgan fingerprint density at radius 3 is 2.29 bits per heavy atom. The molecule has 0 heterocycles. The Bertz CT molecular complexity index is 446. The van der Waals surface area contributed by atoms with E-state index in [1.165, 1.54) is 24.3 Å². The van der Waals surface area contributed by atoms with E-state index >= 15 is 0 Å². The molecule has 90 valence electrons. The Balaban J connectivity index is 2.53. The van der Waals surface area contributed by atoms with Crippen LogP contribution in [-0.4, -0.2) is 39.0 Å². The van der Waals surface area contributed by atoms with Crippen LogP contribution in [0, 0.1) is 11.8 Å². The first-order valence-corrected chi connectivity index (χ1v) is 4.52. The predicted molar refractivity (Wildman–Crippen MR) is 56.1 cm³/mol. The predicted octanol–water partition coefficient (Wildman–Crippen LogP) is -0.602. The van der Waals surface area contributed by atoms with Crippen molar-refractivity contribution < 1.29 is 30.0 Å². The molecule has 0 unspecified atom stereocenters. The largest absolute Gasteiger partial charge is 0.481 e. The van der Waals surface area contributed by atoms with Gasteiger partial charge in [0.25, 0.3) is 0 Å². The molecule has 0 radical (unpaired) electrons. The Hall–Kier alpha value is -2.07. The average Bonchev–Trinajstić information content (AvgIpc) is 2.24. The van der Waals surface area contributed by atoms with Gasteiger partial charge in [-0.15, -0.1) is 0 Å². The molecule has 1 aromatic carbocycles. The Morgan fingerprint density at radius 1 is 1.24 bits per heavy atom. The van der Waals surface area contributed by atoms with Gasteiger partial charge < -0.3 is 25.2 Å². The summed E-state index contributed by atoms with van der Waals surface area (Å²) in [5.41, 5.74) is 0.128. The highest BCUT2D eigenvalue weighted by Gasteiger charge is 2.11. The first kappa shape index (κ1) is 13.0. The fourth-order valence-corrected chi connectivity index (χ4v) is 0.968. The number of aliphatic hydroxyl groups is 3. The van der Waals surface area contributed by atoms with Crippen LogP contribution in [0.15, 0.2) is 24.3 Å². The lowest BCUT2D eigenvalue weighted by Gasteiger charge is -2.04. The minimum Gasteiger partial charge on any atom is -0.481 e. The second-order valence-electron chi connectivity index (χ2n) is 3.06. The molecule has 0 atom stereocenters. The van der Waals surface area contributed by atoms with E-state index in [1.807, 2.05) is 0 Å². The van der Waals surface area contributed by atoms with Crippen molar-refractivity contribution in [2.45, 2.75) is 5.97 Å². The van der Waals surface area contributed by atoms with Crippen LogP contribution in [0.1, 0.15) is 10.4 Å². The molecule has 0 aromatic heterocycles. The third-order valence-electron chi connectivity index (χ3n) is 1.67. The SMILES string of the molecule is O=C(O)c1ccc(OCC#CC(O)(O)O)cc1. The number of hydrogen-bond donors (Lipinski definition) is 4. The minimum atomic E-state index is -3.03. The molecule has 0 aliphatic carbocycles. The van der Waals surface area contributed by atoms with Crippen LogP contribution in [0.25, 0.3) is 0 Å². The Morgan fingerprint density at radius 2 is 1.82 bits per heavy atom.